The molecule has 1 aliphatic rings. The van der Waals surface area contributed by atoms with Gasteiger partial charge in [-0.3, -0.25) is 9.69 Å². The maximum absolute atomic E-state index is 12.1. The van der Waals surface area contributed by atoms with E-state index in [1.165, 1.54) is 7.11 Å². The van der Waals surface area contributed by atoms with Crippen LogP contribution in [0.25, 0.3) is 0 Å². The number of hydrogen-bond donors (Lipinski definition) is 1. The highest BCUT2D eigenvalue weighted by Crippen LogP contribution is 2.36. The first kappa shape index (κ1) is 14.1. The van der Waals surface area contributed by atoms with E-state index in [0.29, 0.717) is 17.0 Å². The first-order chi connectivity index (χ1) is 9.01. The van der Waals surface area contributed by atoms with Crippen LogP contribution in [0.15, 0.2) is 18.2 Å². The molecular weight excluding hydrogens is 359 g/mol. The monoisotopic (exact) mass is 372 g/mol. The average molecular weight is 372 g/mol. The lowest BCUT2D eigenvalue weighted by atomic mass is 10.1. The molecule has 1 N–H and O–H groups in total. The number of benzene rings is 1. The van der Waals surface area contributed by atoms with E-state index in [0.717, 1.165) is 0 Å². The Morgan fingerprint density at radius 1 is 1.53 bits per heavy atom. The topological polar surface area (TPSA) is 73.6 Å². The summed E-state index contributed by atoms with van der Waals surface area (Å²) in [6, 6.07) is 6.97. The van der Waals surface area contributed by atoms with Gasteiger partial charge in [0, 0.05) is 11.8 Å². The number of nitrogens with zero attached hydrogens (tertiary/aromatic N) is 2. The fourth-order valence-corrected chi connectivity index (χ4v) is 3.29. The maximum Gasteiger partial charge on any atom is 0.233 e. The molecule has 3 atom stereocenters. The van der Waals surface area contributed by atoms with E-state index in [1.54, 1.807) is 30.0 Å². The van der Waals surface area contributed by atoms with Gasteiger partial charge in [0.25, 0.3) is 0 Å². The molecule has 100 valence electrons. The van der Waals surface area contributed by atoms with Crippen molar-refractivity contribution in [3.05, 3.63) is 23.8 Å². The zero-order valence-electron chi connectivity index (χ0n) is 10.5. The first-order valence-electron chi connectivity index (χ1n) is 5.74. The number of carbonyl (C=O) groups excluding carboxylic acids is 1. The smallest absolute Gasteiger partial charge is 0.233 e. The van der Waals surface area contributed by atoms with Crippen LogP contribution in [0.2, 0.25) is 0 Å². The van der Waals surface area contributed by atoms with E-state index in [2.05, 4.69) is 0 Å². The Morgan fingerprint density at radius 2 is 2.21 bits per heavy atom. The maximum atomic E-state index is 12.1. The number of halogens is 1. The predicted molar refractivity (Wildman–Crippen MR) is 78.2 cm³/mol. The molecule has 19 heavy (non-hydrogen) atoms. The molecule has 1 aromatic rings. The van der Waals surface area contributed by atoms with Gasteiger partial charge < -0.3 is 9.84 Å². The number of aliphatic hydroxyl groups is 1. The Balaban J connectivity index is 2.43. The van der Waals surface area contributed by atoms with Gasteiger partial charge >= 0.3 is 0 Å². The molecule has 0 spiro atoms. The van der Waals surface area contributed by atoms with Crippen molar-refractivity contribution in [2.24, 2.45) is 5.92 Å². The van der Waals surface area contributed by atoms with Crippen molar-refractivity contribution in [3.63, 3.8) is 0 Å². The summed E-state index contributed by atoms with van der Waals surface area (Å²) in [6.45, 7) is 1.71. The van der Waals surface area contributed by atoms with E-state index >= 15 is 0 Å². The summed E-state index contributed by atoms with van der Waals surface area (Å²) < 4.78 is 4.81. The number of ether oxygens (including phenoxy) is 1. The van der Waals surface area contributed by atoms with Crippen molar-refractivity contribution in [2.45, 2.75) is 17.1 Å². The standard InChI is InChI=1S/C13H13IN2O3/c1-7-11(17)12(14)16(13(7)18)9-4-3-8(6-15)10(5-9)19-2/h3-5,7,11-12,17H,1-2H3/t7-,11-,12+/m0/s1. The molecule has 0 saturated carbocycles. The van der Waals surface area contributed by atoms with Gasteiger partial charge in [-0.05, 0) is 12.1 Å². The second-order valence-electron chi connectivity index (χ2n) is 4.36. The van der Waals surface area contributed by atoms with Crippen molar-refractivity contribution in [3.8, 4) is 11.8 Å². The van der Waals surface area contributed by atoms with Crippen molar-refractivity contribution < 1.29 is 14.6 Å². The number of hydrogen-bond acceptors (Lipinski definition) is 4. The summed E-state index contributed by atoms with van der Waals surface area (Å²) in [5.41, 5.74) is 1.04. The van der Waals surface area contributed by atoms with E-state index in [9.17, 15) is 9.90 Å². The lowest BCUT2D eigenvalue weighted by Gasteiger charge is -2.22. The van der Waals surface area contributed by atoms with Crippen LogP contribution in [-0.4, -0.2) is 28.3 Å². The second kappa shape index (κ2) is 5.35. The van der Waals surface area contributed by atoms with Gasteiger partial charge in [-0.2, -0.15) is 5.26 Å². The highest BCUT2D eigenvalue weighted by Gasteiger charge is 2.44. The average Bonchev–Trinajstić information content (AvgIpc) is 2.62. The fraction of sp³-hybridized carbons (Fsp3) is 0.385. The number of rotatable bonds is 2. The third-order valence-electron chi connectivity index (χ3n) is 3.25. The van der Waals surface area contributed by atoms with Crippen molar-refractivity contribution in [1.29, 1.82) is 5.26 Å². The zero-order valence-corrected chi connectivity index (χ0v) is 12.7. The minimum Gasteiger partial charge on any atom is -0.495 e. The minimum atomic E-state index is -0.699. The minimum absolute atomic E-state index is 0.126. The van der Waals surface area contributed by atoms with E-state index in [-0.39, 0.29) is 9.96 Å². The Bertz CT molecular complexity index is 555. The van der Waals surface area contributed by atoms with Crippen LogP contribution >= 0.6 is 22.6 Å². The van der Waals surface area contributed by atoms with Gasteiger partial charge in [-0.25, -0.2) is 0 Å². The summed E-state index contributed by atoms with van der Waals surface area (Å²) in [4.78, 5) is 13.7. The Kier molecular flexibility index (Phi) is 3.96. The number of alkyl halides is 1. The van der Waals surface area contributed by atoms with Crippen LogP contribution in [0.3, 0.4) is 0 Å². The van der Waals surface area contributed by atoms with Crippen LogP contribution in [-0.2, 0) is 4.79 Å². The van der Waals surface area contributed by atoms with Gasteiger partial charge in [0.05, 0.1) is 24.7 Å². The van der Waals surface area contributed by atoms with E-state index in [4.69, 9.17) is 10.00 Å². The lowest BCUT2D eigenvalue weighted by molar-refractivity contribution is -0.121. The molecule has 6 heteroatoms. The Morgan fingerprint density at radius 3 is 2.68 bits per heavy atom. The largest absolute Gasteiger partial charge is 0.495 e. The molecule has 5 nitrogen and oxygen atoms in total. The fourth-order valence-electron chi connectivity index (χ4n) is 2.07. The second-order valence-corrected chi connectivity index (χ2v) is 5.63. The Labute approximate surface area is 124 Å². The molecule has 0 bridgehead atoms. The number of aliphatic hydroxyl groups excluding tert-OH is 1. The van der Waals surface area contributed by atoms with Gasteiger partial charge in [0.1, 0.15) is 15.9 Å². The first-order valence-corrected chi connectivity index (χ1v) is 6.99. The molecule has 2 rings (SSSR count). The third kappa shape index (κ3) is 2.28. The summed E-state index contributed by atoms with van der Waals surface area (Å²) in [5.74, 6) is -0.132. The summed E-state index contributed by atoms with van der Waals surface area (Å²) in [5, 5.41) is 18.9. The third-order valence-corrected chi connectivity index (χ3v) is 4.55. The quantitative estimate of drug-likeness (QED) is 0.487. The van der Waals surface area contributed by atoms with Crippen molar-refractivity contribution >= 4 is 34.2 Å². The molecular formula is C13H13IN2O3. The number of methoxy groups -OCH3 is 1. The van der Waals surface area contributed by atoms with Crippen LogP contribution in [0, 0.1) is 17.2 Å². The summed E-state index contributed by atoms with van der Waals surface area (Å²) in [6.07, 6.45) is -0.699. The van der Waals surface area contributed by atoms with E-state index in [1.807, 2.05) is 28.7 Å². The van der Waals surface area contributed by atoms with Gasteiger partial charge in [0.15, 0.2) is 0 Å². The highest BCUT2D eigenvalue weighted by molar-refractivity contribution is 14.1. The molecule has 1 aromatic carbocycles. The Hall–Kier alpha value is -1.33. The molecule has 1 aliphatic heterocycles. The number of anilines is 1. The SMILES string of the molecule is COc1cc(N2C(=O)[C@@H](C)[C@H](O)[C@@H]2I)ccc1C#N. The molecule has 0 aliphatic carbocycles. The number of nitriles is 1. The molecule has 1 saturated heterocycles. The molecule has 1 amide bonds. The van der Waals surface area contributed by atoms with Crippen molar-refractivity contribution in [2.75, 3.05) is 12.0 Å². The van der Waals surface area contributed by atoms with Crippen molar-refractivity contribution in [1.82, 2.24) is 0 Å². The number of carbonyl (C=O) groups is 1. The predicted octanol–water partition coefficient (Wildman–Crippen LogP) is 1.67. The molecule has 0 radical (unpaired) electrons. The molecule has 1 fully saturated rings. The number of amides is 1. The lowest BCUT2D eigenvalue weighted by Crippen LogP contribution is -2.32. The zero-order chi connectivity index (χ0) is 14.2. The van der Waals surface area contributed by atoms with Crippen LogP contribution < -0.4 is 9.64 Å². The van der Waals surface area contributed by atoms with Gasteiger partial charge in [-0.15, -0.1) is 0 Å². The van der Waals surface area contributed by atoms with Gasteiger partial charge in [-0.1, -0.05) is 29.5 Å². The van der Waals surface area contributed by atoms with E-state index < -0.39 is 12.0 Å². The molecule has 0 unspecified atom stereocenters. The van der Waals surface area contributed by atoms with Gasteiger partial charge in [0.2, 0.25) is 5.91 Å². The molecule has 1 heterocycles. The molecule has 0 aromatic heterocycles. The van der Waals surface area contributed by atoms with Crippen LogP contribution in [0.1, 0.15) is 12.5 Å². The van der Waals surface area contributed by atoms with Crippen LogP contribution in [0.5, 0.6) is 5.75 Å². The highest BCUT2D eigenvalue weighted by atomic mass is 127. The normalized spacial score (nSPS) is 26.4. The van der Waals surface area contributed by atoms with Crippen LogP contribution in [0.4, 0.5) is 5.69 Å². The summed E-state index contributed by atoms with van der Waals surface area (Å²) in [7, 11) is 1.48. The summed E-state index contributed by atoms with van der Waals surface area (Å²) >= 11 is 2.04.